The molecule has 1 aliphatic heterocycles. The molecule has 0 aromatic carbocycles. The quantitative estimate of drug-likeness (QED) is 0.627. The zero-order valence-corrected chi connectivity index (χ0v) is 13.7. The predicted octanol–water partition coefficient (Wildman–Crippen LogP) is 2.78. The first-order valence-corrected chi connectivity index (χ1v) is 8.24. The van der Waals surface area contributed by atoms with Crippen molar-refractivity contribution in [2.24, 2.45) is 5.92 Å². The van der Waals surface area contributed by atoms with Gasteiger partial charge in [-0.3, -0.25) is 10.1 Å². The minimum absolute atomic E-state index is 0.0133. The van der Waals surface area contributed by atoms with Crippen LogP contribution in [0.3, 0.4) is 0 Å². The Balaban J connectivity index is 2.46. The maximum Gasteiger partial charge on any atom is 0.241 e. The first kappa shape index (κ1) is 17.4. The SMILES string of the molecule is CCCCOCCN1C(=O)C(CCC)NC1CC(C)C. The van der Waals surface area contributed by atoms with Crippen LogP contribution in [0, 0.1) is 5.92 Å². The average molecular weight is 284 g/mol. The van der Waals surface area contributed by atoms with Crippen molar-refractivity contribution in [3.8, 4) is 0 Å². The van der Waals surface area contributed by atoms with Crippen LogP contribution in [0.15, 0.2) is 0 Å². The largest absolute Gasteiger partial charge is 0.380 e. The molecule has 0 spiro atoms. The predicted molar refractivity (Wildman–Crippen MR) is 82.5 cm³/mol. The lowest BCUT2D eigenvalue weighted by molar-refractivity contribution is -0.131. The van der Waals surface area contributed by atoms with Crippen LogP contribution in [0.5, 0.6) is 0 Å². The normalized spacial score (nSPS) is 23.1. The van der Waals surface area contributed by atoms with Gasteiger partial charge >= 0.3 is 0 Å². The molecule has 4 nitrogen and oxygen atoms in total. The number of carbonyl (C=O) groups is 1. The van der Waals surface area contributed by atoms with Crippen molar-refractivity contribution < 1.29 is 9.53 Å². The number of hydrogen-bond donors (Lipinski definition) is 1. The highest BCUT2D eigenvalue weighted by atomic mass is 16.5. The second-order valence-corrected chi connectivity index (χ2v) is 6.15. The molecule has 2 unspecified atom stereocenters. The van der Waals surface area contributed by atoms with Gasteiger partial charge in [0.25, 0.3) is 0 Å². The van der Waals surface area contributed by atoms with Crippen LogP contribution in [0.25, 0.3) is 0 Å². The second kappa shape index (κ2) is 9.35. The van der Waals surface area contributed by atoms with E-state index in [9.17, 15) is 4.79 Å². The summed E-state index contributed by atoms with van der Waals surface area (Å²) in [6, 6.07) is 0.0133. The molecule has 4 heteroatoms. The summed E-state index contributed by atoms with van der Waals surface area (Å²) in [5.74, 6) is 0.848. The number of carbonyl (C=O) groups excluding carboxylic acids is 1. The van der Waals surface area contributed by atoms with Gasteiger partial charge in [0.2, 0.25) is 5.91 Å². The smallest absolute Gasteiger partial charge is 0.241 e. The van der Waals surface area contributed by atoms with Crippen LogP contribution in [0.1, 0.15) is 59.8 Å². The third-order valence-corrected chi connectivity index (χ3v) is 3.74. The van der Waals surface area contributed by atoms with Crippen molar-refractivity contribution in [3.63, 3.8) is 0 Å². The summed E-state index contributed by atoms with van der Waals surface area (Å²) in [6.07, 6.45) is 5.42. The van der Waals surface area contributed by atoms with Gasteiger partial charge in [0.15, 0.2) is 0 Å². The van der Waals surface area contributed by atoms with E-state index in [1.807, 2.05) is 4.90 Å². The Bertz CT molecular complexity index is 282. The highest BCUT2D eigenvalue weighted by Gasteiger charge is 2.37. The Morgan fingerprint density at radius 3 is 2.60 bits per heavy atom. The molecular formula is C16H32N2O2. The molecule has 1 fully saturated rings. The van der Waals surface area contributed by atoms with Crippen LogP contribution in [0.2, 0.25) is 0 Å². The monoisotopic (exact) mass is 284 g/mol. The number of nitrogens with one attached hydrogen (secondary N) is 1. The molecule has 1 rings (SSSR count). The van der Waals surface area contributed by atoms with Gasteiger partial charge in [-0.25, -0.2) is 0 Å². The third-order valence-electron chi connectivity index (χ3n) is 3.74. The van der Waals surface area contributed by atoms with Gasteiger partial charge in [0, 0.05) is 13.2 Å². The van der Waals surface area contributed by atoms with Gasteiger partial charge < -0.3 is 9.64 Å². The van der Waals surface area contributed by atoms with Gasteiger partial charge in [0.1, 0.15) is 0 Å². The Morgan fingerprint density at radius 2 is 2.00 bits per heavy atom. The fraction of sp³-hybridized carbons (Fsp3) is 0.938. The summed E-state index contributed by atoms with van der Waals surface area (Å²) in [7, 11) is 0. The summed E-state index contributed by atoms with van der Waals surface area (Å²) in [4.78, 5) is 14.4. The fourth-order valence-corrected chi connectivity index (χ4v) is 2.66. The van der Waals surface area contributed by atoms with Crippen LogP contribution >= 0.6 is 0 Å². The average Bonchev–Trinajstić information content (AvgIpc) is 2.66. The standard InChI is InChI=1S/C16H32N2O2/c1-5-7-10-20-11-9-18-15(12-13(3)4)17-14(8-6-2)16(18)19/h13-15,17H,5-12H2,1-4H3. The van der Waals surface area contributed by atoms with E-state index >= 15 is 0 Å². The molecule has 1 N–H and O–H groups in total. The van der Waals surface area contributed by atoms with Crippen LogP contribution < -0.4 is 5.32 Å². The first-order chi connectivity index (χ1) is 9.60. The maximum absolute atomic E-state index is 12.4. The van der Waals surface area contributed by atoms with E-state index in [0.717, 1.165) is 38.7 Å². The fourth-order valence-electron chi connectivity index (χ4n) is 2.66. The lowest BCUT2D eigenvalue weighted by atomic mass is 10.1. The molecule has 0 aliphatic carbocycles. The summed E-state index contributed by atoms with van der Waals surface area (Å²) in [5, 5.41) is 3.50. The van der Waals surface area contributed by atoms with Crippen LogP contribution in [0.4, 0.5) is 0 Å². The van der Waals surface area contributed by atoms with Crippen LogP contribution in [-0.2, 0) is 9.53 Å². The Morgan fingerprint density at radius 1 is 1.25 bits per heavy atom. The Kier molecular flexibility index (Phi) is 8.15. The van der Waals surface area contributed by atoms with E-state index < -0.39 is 0 Å². The van der Waals surface area contributed by atoms with E-state index in [-0.39, 0.29) is 18.1 Å². The van der Waals surface area contributed by atoms with Crippen molar-refractivity contribution >= 4 is 5.91 Å². The van der Waals surface area contributed by atoms with Gasteiger partial charge in [0.05, 0.1) is 18.8 Å². The number of hydrogen-bond acceptors (Lipinski definition) is 3. The summed E-state index contributed by atoms with van der Waals surface area (Å²) in [6.45, 7) is 10.9. The molecule has 1 heterocycles. The highest BCUT2D eigenvalue weighted by Crippen LogP contribution is 2.19. The van der Waals surface area contributed by atoms with Gasteiger partial charge in [-0.05, 0) is 25.2 Å². The van der Waals surface area contributed by atoms with Crippen molar-refractivity contribution in [2.45, 2.75) is 72.0 Å². The van der Waals surface area contributed by atoms with Crippen molar-refractivity contribution in [2.75, 3.05) is 19.8 Å². The number of rotatable bonds is 10. The van der Waals surface area contributed by atoms with E-state index in [1.165, 1.54) is 0 Å². The molecule has 0 aromatic rings. The lowest BCUT2D eigenvalue weighted by Crippen LogP contribution is -2.40. The van der Waals surface area contributed by atoms with Gasteiger partial charge in [-0.2, -0.15) is 0 Å². The van der Waals surface area contributed by atoms with E-state index in [2.05, 4.69) is 33.0 Å². The minimum Gasteiger partial charge on any atom is -0.380 e. The number of nitrogens with zero attached hydrogens (tertiary/aromatic N) is 1. The first-order valence-electron chi connectivity index (χ1n) is 8.24. The molecule has 1 saturated heterocycles. The molecule has 0 aromatic heterocycles. The summed E-state index contributed by atoms with van der Waals surface area (Å²) >= 11 is 0. The molecule has 0 radical (unpaired) electrons. The molecular weight excluding hydrogens is 252 g/mol. The minimum atomic E-state index is 0.0133. The van der Waals surface area contributed by atoms with Crippen LogP contribution in [-0.4, -0.2) is 42.8 Å². The van der Waals surface area contributed by atoms with E-state index in [4.69, 9.17) is 4.74 Å². The summed E-state index contributed by atoms with van der Waals surface area (Å²) < 4.78 is 5.61. The number of amides is 1. The zero-order valence-electron chi connectivity index (χ0n) is 13.7. The van der Waals surface area contributed by atoms with Gasteiger partial charge in [-0.15, -0.1) is 0 Å². The second-order valence-electron chi connectivity index (χ2n) is 6.15. The number of ether oxygens (including phenoxy) is 1. The van der Waals surface area contributed by atoms with E-state index in [0.29, 0.717) is 19.1 Å². The van der Waals surface area contributed by atoms with Gasteiger partial charge in [-0.1, -0.05) is 40.5 Å². The van der Waals surface area contributed by atoms with Crippen molar-refractivity contribution in [1.29, 1.82) is 0 Å². The Labute approximate surface area is 124 Å². The van der Waals surface area contributed by atoms with Crippen molar-refractivity contribution in [1.82, 2.24) is 10.2 Å². The zero-order chi connectivity index (χ0) is 15.0. The lowest BCUT2D eigenvalue weighted by Gasteiger charge is -2.25. The molecule has 118 valence electrons. The van der Waals surface area contributed by atoms with Crippen molar-refractivity contribution in [3.05, 3.63) is 0 Å². The molecule has 0 saturated carbocycles. The number of unbranched alkanes of at least 4 members (excludes halogenated alkanes) is 1. The summed E-state index contributed by atoms with van der Waals surface area (Å²) in [5.41, 5.74) is 0. The topological polar surface area (TPSA) is 41.6 Å². The maximum atomic E-state index is 12.4. The molecule has 1 amide bonds. The molecule has 1 aliphatic rings. The molecule has 2 atom stereocenters. The highest BCUT2D eigenvalue weighted by molar-refractivity contribution is 5.84. The van der Waals surface area contributed by atoms with E-state index in [1.54, 1.807) is 0 Å². The molecule has 20 heavy (non-hydrogen) atoms. The molecule has 0 bridgehead atoms. The third kappa shape index (κ3) is 5.41. The Hall–Kier alpha value is -0.610.